The van der Waals surface area contributed by atoms with E-state index in [1.54, 1.807) is 6.07 Å². The zero-order chi connectivity index (χ0) is 7.56. The second-order valence-electron chi connectivity index (χ2n) is 1.83. The van der Waals surface area contributed by atoms with Crippen LogP contribution >= 0.6 is 11.6 Å². The molecule has 1 rings (SSSR count). The number of aliphatic hydroxyl groups is 1. The Morgan fingerprint density at radius 3 is 2.80 bits per heavy atom. The van der Waals surface area contributed by atoms with E-state index >= 15 is 0 Å². The minimum Gasteiger partial charge on any atom is -0.398 e. The minimum atomic E-state index is -0.168. The molecule has 0 atom stereocenters. The predicted octanol–water partition coefficient (Wildman–Crippen LogP) is 0.809. The van der Waals surface area contributed by atoms with Gasteiger partial charge in [-0.25, -0.2) is 4.98 Å². The van der Waals surface area contributed by atoms with Gasteiger partial charge < -0.3 is 10.8 Å². The fourth-order valence-corrected chi connectivity index (χ4v) is 0.862. The summed E-state index contributed by atoms with van der Waals surface area (Å²) in [6.07, 6.45) is 1.50. The van der Waals surface area contributed by atoms with Crippen LogP contribution in [-0.2, 0) is 6.61 Å². The largest absolute Gasteiger partial charge is 0.398 e. The van der Waals surface area contributed by atoms with Gasteiger partial charge in [0.05, 0.1) is 6.61 Å². The van der Waals surface area contributed by atoms with Gasteiger partial charge in [-0.2, -0.15) is 0 Å². The molecule has 0 saturated heterocycles. The third-order valence-corrected chi connectivity index (χ3v) is 1.52. The number of nitrogens with zero attached hydrogens (tertiary/aromatic N) is 1. The lowest BCUT2D eigenvalue weighted by molar-refractivity contribution is 0.282. The van der Waals surface area contributed by atoms with E-state index in [2.05, 4.69) is 4.98 Å². The van der Waals surface area contributed by atoms with Crippen molar-refractivity contribution in [3.8, 4) is 0 Å². The highest BCUT2D eigenvalue weighted by Gasteiger charge is 2.02. The van der Waals surface area contributed by atoms with E-state index in [0.29, 0.717) is 11.3 Å². The first-order chi connectivity index (χ1) is 4.75. The van der Waals surface area contributed by atoms with Gasteiger partial charge in [0.2, 0.25) is 0 Å². The van der Waals surface area contributed by atoms with E-state index < -0.39 is 0 Å². The van der Waals surface area contributed by atoms with Crippen LogP contribution in [0.2, 0.25) is 5.15 Å². The molecule has 0 amide bonds. The van der Waals surface area contributed by atoms with Crippen molar-refractivity contribution in [3.63, 3.8) is 0 Å². The molecule has 1 aromatic heterocycles. The third-order valence-electron chi connectivity index (χ3n) is 1.20. The Morgan fingerprint density at radius 2 is 2.40 bits per heavy atom. The average molecular weight is 159 g/mol. The molecule has 0 fully saturated rings. The maximum atomic E-state index is 8.69. The number of aromatic nitrogens is 1. The van der Waals surface area contributed by atoms with Crippen molar-refractivity contribution < 1.29 is 5.11 Å². The summed E-state index contributed by atoms with van der Waals surface area (Å²) in [6.45, 7) is -0.168. The topological polar surface area (TPSA) is 59.1 Å². The van der Waals surface area contributed by atoms with Gasteiger partial charge in [-0.3, -0.25) is 0 Å². The zero-order valence-corrected chi connectivity index (χ0v) is 5.97. The molecule has 4 heteroatoms. The summed E-state index contributed by atoms with van der Waals surface area (Å²) in [6, 6.07) is 1.59. The van der Waals surface area contributed by atoms with Crippen LogP contribution < -0.4 is 5.73 Å². The van der Waals surface area contributed by atoms with E-state index in [9.17, 15) is 0 Å². The number of aliphatic hydroxyl groups excluding tert-OH is 1. The number of anilines is 1. The number of nitrogens with two attached hydrogens (primary N) is 1. The van der Waals surface area contributed by atoms with E-state index in [0.717, 1.165) is 0 Å². The molecule has 3 nitrogen and oxygen atoms in total. The van der Waals surface area contributed by atoms with Crippen LogP contribution in [0, 0.1) is 0 Å². The first-order valence-electron chi connectivity index (χ1n) is 2.75. The summed E-state index contributed by atoms with van der Waals surface area (Å²) in [5.41, 5.74) is 6.41. The molecule has 3 N–H and O–H groups in total. The average Bonchev–Trinajstić information content (AvgIpc) is 1.88. The Hall–Kier alpha value is -0.800. The quantitative estimate of drug-likeness (QED) is 0.595. The highest BCUT2D eigenvalue weighted by Crippen LogP contribution is 2.18. The van der Waals surface area contributed by atoms with Crippen LogP contribution in [-0.4, -0.2) is 10.1 Å². The van der Waals surface area contributed by atoms with Crippen LogP contribution in [0.25, 0.3) is 0 Å². The van der Waals surface area contributed by atoms with Gasteiger partial charge in [0.25, 0.3) is 0 Å². The summed E-state index contributed by atoms with van der Waals surface area (Å²) in [4.78, 5) is 3.74. The first kappa shape index (κ1) is 7.31. The second-order valence-corrected chi connectivity index (χ2v) is 2.19. The smallest absolute Gasteiger partial charge is 0.136 e. The molecular weight excluding hydrogens is 152 g/mol. The van der Waals surface area contributed by atoms with Crippen LogP contribution in [0.1, 0.15) is 5.56 Å². The summed E-state index contributed by atoms with van der Waals surface area (Å²) in [5, 5.41) is 8.96. The molecule has 0 bridgehead atoms. The van der Waals surface area contributed by atoms with Gasteiger partial charge in [0.15, 0.2) is 0 Å². The molecule has 0 aliphatic rings. The molecule has 0 spiro atoms. The van der Waals surface area contributed by atoms with E-state index in [1.165, 1.54) is 6.20 Å². The fourth-order valence-electron chi connectivity index (χ4n) is 0.637. The molecule has 0 saturated carbocycles. The van der Waals surface area contributed by atoms with Gasteiger partial charge in [-0.15, -0.1) is 0 Å². The van der Waals surface area contributed by atoms with Crippen LogP contribution in [0.5, 0.6) is 0 Å². The Kier molecular flexibility index (Phi) is 2.09. The Labute approximate surface area is 63.5 Å². The van der Waals surface area contributed by atoms with Crippen molar-refractivity contribution in [2.75, 3.05) is 5.73 Å². The van der Waals surface area contributed by atoms with Gasteiger partial charge >= 0.3 is 0 Å². The number of nitrogen functional groups attached to an aromatic ring is 1. The van der Waals surface area contributed by atoms with Crippen LogP contribution in [0.3, 0.4) is 0 Å². The minimum absolute atomic E-state index is 0.168. The Morgan fingerprint density at radius 1 is 1.70 bits per heavy atom. The first-order valence-corrected chi connectivity index (χ1v) is 3.13. The van der Waals surface area contributed by atoms with Gasteiger partial charge in [-0.05, 0) is 6.07 Å². The van der Waals surface area contributed by atoms with Crippen molar-refractivity contribution in [1.29, 1.82) is 0 Å². The predicted molar refractivity (Wildman–Crippen MR) is 39.6 cm³/mol. The highest BCUT2D eigenvalue weighted by molar-refractivity contribution is 6.30. The molecule has 0 aliphatic carbocycles. The lowest BCUT2D eigenvalue weighted by atomic mass is 10.2. The van der Waals surface area contributed by atoms with Crippen molar-refractivity contribution in [1.82, 2.24) is 4.98 Å². The van der Waals surface area contributed by atoms with Crippen LogP contribution in [0.4, 0.5) is 5.69 Å². The van der Waals surface area contributed by atoms with E-state index in [-0.39, 0.29) is 11.8 Å². The van der Waals surface area contributed by atoms with Crippen molar-refractivity contribution in [2.45, 2.75) is 6.61 Å². The Bertz CT molecular complexity index is 219. The molecule has 0 aliphatic heterocycles. The maximum Gasteiger partial charge on any atom is 0.136 e. The monoisotopic (exact) mass is 158 g/mol. The molecule has 1 heterocycles. The highest BCUT2D eigenvalue weighted by atomic mass is 35.5. The summed E-state index contributed by atoms with van der Waals surface area (Å²) in [7, 11) is 0. The normalized spacial score (nSPS) is 9.80. The Balaban J connectivity index is 3.17. The van der Waals surface area contributed by atoms with E-state index in [4.69, 9.17) is 22.4 Å². The lowest BCUT2D eigenvalue weighted by Gasteiger charge is -2.01. The van der Waals surface area contributed by atoms with Crippen molar-refractivity contribution >= 4 is 17.3 Å². The standard InChI is InChI=1S/C6H7ClN2O/c7-6-4(3-10)5(8)1-2-9-6/h1-2,10H,3H2,(H2,8,9). The third kappa shape index (κ3) is 1.20. The van der Waals surface area contributed by atoms with Gasteiger partial charge in [0.1, 0.15) is 5.15 Å². The lowest BCUT2D eigenvalue weighted by Crippen LogP contribution is -1.95. The van der Waals surface area contributed by atoms with Crippen LogP contribution in [0.15, 0.2) is 12.3 Å². The number of rotatable bonds is 1. The molecule has 0 radical (unpaired) electrons. The number of pyridine rings is 1. The van der Waals surface area contributed by atoms with Crippen molar-refractivity contribution in [3.05, 3.63) is 23.0 Å². The number of hydrogen-bond acceptors (Lipinski definition) is 3. The molecule has 1 aromatic rings. The summed E-state index contributed by atoms with van der Waals surface area (Å²) < 4.78 is 0. The van der Waals surface area contributed by atoms with Gasteiger partial charge in [-0.1, -0.05) is 11.6 Å². The molecule has 54 valence electrons. The summed E-state index contributed by atoms with van der Waals surface area (Å²) in [5.74, 6) is 0. The molecular formula is C6H7ClN2O. The fraction of sp³-hybridized carbons (Fsp3) is 0.167. The summed E-state index contributed by atoms with van der Waals surface area (Å²) >= 11 is 5.58. The molecule has 0 unspecified atom stereocenters. The SMILES string of the molecule is Nc1ccnc(Cl)c1CO. The van der Waals surface area contributed by atoms with E-state index in [1.807, 2.05) is 0 Å². The molecule has 10 heavy (non-hydrogen) atoms. The zero-order valence-electron chi connectivity index (χ0n) is 5.21. The second kappa shape index (κ2) is 2.86. The molecule has 0 aromatic carbocycles. The van der Waals surface area contributed by atoms with Crippen molar-refractivity contribution in [2.24, 2.45) is 0 Å². The maximum absolute atomic E-state index is 8.69. The number of halogens is 1. The number of hydrogen-bond donors (Lipinski definition) is 2. The van der Waals surface area contributed by atoms with Gasteiger partial charge in [0, 0.05) is 17.4 Å².